The Balaban J connectivity index is 3.40. The molecular formula is C9H10N2O5. The molecule has 0 saturated carbocycles. The molecule has 0 aliphatic heterocycles. The standard InChI is InChI=1S/C9H10N2O5/c1-15-8-5(9(12)16-2)3-4-6(7(8)10)11(13)14/h3-4H,10H2,1-2H3. The van der Waals surface area contributed by atoms with Crippen LogP contribution in [0.4, 0.5) is 11.4 Å². The fourth-order valence-electron chi connectivity index (χ4n) is 1.24. The summed E-state index contributed by atoms with van der Waals surface area (Å²) in [4.78, 5) is 21.2. The second kappa shape index (κ2) is 4.47. The minimum absolute atomic E-state index is 0.0492. The van der Waals surface area contributed by atoms with E-state index in [1.807, 2.05) is 0 Å². The molecule has 0 fully saturated rings. The summed E-state index contributed by atoms with van der Waals surface area (Å²) < 4.78 is 9.35. The Kier molecular flexibility index (Phi) is 3.29. The van der Waals surface area contributed by atoms with Crippen molar-refractivity contribution >= 4 is 17.3 Å². The number of nitrogens with zero attached hydrogens (tertiary/aromatic N) is 1. The smallest absolute Gasteiger partial charge is 0.341 e. The van der Waals surface area contributed by atoms with E-state index in [1.54, 1.807) is 0 Å². The van der Waals surface area contributed by atoms with Gasteiger partial charge in [-0.1, -0.05) is 0 Å². The third kappa shape index (κ3) is 1.88. The van der Waals surface area contributed by atoms with Crippen LogP contribution >= 0.6 is 0 Å². The number of rotatable bonds is 3. The molecule has 1 rings (SSSR count). The number of ether oxygens (including phenoxy) is 2. The van der Waals surface area contributed by atoms with Crippen LogP contribution in [0.15, 0.2) is 12.1 Å². The number of anilines is 1. The lowest BCUT2D eigenvalue weighted by molar-refractivity contribution is -0.384. The van der Waals surface area contributed by atoms with Gasteiger partial charge in [-0.3, -0.25) is 10.1 Å². The molecule has 0 bridgehead atoms. The van der Waals surface area contributed by atoms with Gasteiger partial charge in [0.2, 0.25) is 0 Å². The van der Waals surface area contributed by atoms with E-state index in [2.05, 4.69) is 4.74 Å². The molecule has 0 heterocycles. The summed E-state index contributed by atoms with van der Waals surface area (Å²) in [7, 11) is 2.46. The van der Waals surface area contributed by atoms with Crippen LogP contribution in [-0.2, 0) is 4.74 Å². The molecule has 0 atom stereocenters. The van der Waals surface area contributed by atoms with E-state index < -0.39 is 10.9 Å². The molecule has 0 spiro atoms. The largest absolute Gasteiger partial charge is 0.493 e. The Labute approximate surface area is 90.9 Å². The molecule has 2 N–H and O–H groups in total. The monoisotopic (exact) mass is 226 g/mol. The summed E-state index contributed by atoms with van der Waals surface area (Å²) in [6.07, 6.45) is 0. The zero-order valence-electron chi connectivity index (χ0n) is 8.72. The van der Waals surface area contributed by atoms with Crippen molar-refractivity contribution in [2.24, 2.45) is 0 Å². The third-order valence-electron chi connectivity index (χ3n) is 1.98. The van der Waals surface area contributed by atoms with Crippen molar-refractivity contribution in [1.29, 1.82) is 0 Å². The predicted molar refractivity (Wildman–Crippen MR) is 55.4 cm³/mol. The molecule has 1 aromatic rings. The van der Waals surface area contributed by atoms with E-state index in [9.17, 15) is 14.9 Å². The van der Waals surface area contributed by atoms with Gasteiger partial charge in [-0.15, -0.1) is 0 Å². The highest BCUT2D eigenvalue weighted by Gasteiger charge is 2.22. The van der Waals surface area contributed by atoms with Gasteiger partial charge in [0.25, 0.3) is 5.69 Å². The van der Waals surface area contributed by atoms with Crippen LogP contribution in [0.2, 0.25) is 0 Å². The van der Waals surface area contributed by atoms with Crippen molar-refractivity contribution in [3.05, 3.63) is 27.8 Å². The molecule has 7 heteroatoms. The van der Waals surface area contributed by atoms with Crippen molar-refractivity contribution in [2.45, 2.75) is 0 Å². The summed E-state index contributed by atoms with van der Waals surface area (Å²) in [5, 5.41) is 10.6. The molecule has 0 amide bonds. The lowest BCUT2D eigenvalue weighted by Gasteiger charge is -2.09. The van der Waals surface area contributed by atoms with Gasteiger partial charge < -0.3 is 15.2 Å². The molecule has 0 aromatic heterocycles. The second-order valence-corrected chi connectivity index (χ2v) is 2.83. The van der Waals surface area contributed by atoms with E-state index >= 15 is 0 Å². The van der Waals surface area contributed by atoms with Crippen molar-refractivity contribution < 1.29 is 19.2 Å². The fraction of sp³-hybridized carbons (Fsp3) is 0.222. The van der Waals surface area contributed by atoms with Crippen LogP contribution in [0.3, 0.4) is 0 Å². The quantitative estimate of drug-likeness (QED) is 0.356. The normalized spacial score (nSPS) is 9.62. The lowest BCUT2D eigenvalue weighted by Crippen LogP contribution is -2.07. The van der Waals surface area contributed by atoms with Crippen molar-refractivity contribution in [2.75, 3.05) is 20.0 Å². The van der Waals surface area contributed by atoms with Crippen LogP contribution in [-0.4, -0.2) is 25.1 Å². The molecule has 0 radical (unpaired) electrons. The van der Waals surface area contributed by atoms with Crippen LogP contribution in [0.25, 0.3) is 0 Å². The molecule has 0 saturated heterocycles. The van der Waals surface area contributed by atoms with Crippen molar-refractivity contribution in [3.8, 4) is 5.75 Å². The maximum atomic E-state index is 11.3. The number of benzene rings is 1. The molecule has 1 aromatic carbocycles. The number of esters is 1. The van der Waals surface area contributed by atoms with Gasteiger partial charge in [-0.05, 0) is 6.07 Å². The van der Waals surface area contributed by atoms with E-state index in [4.69, 9.17) is 10.5 Å². The van der Waals surface area contributed by atoms with E-state index in [0.717, 1.165) is 6.07 Å². The number of carbonyl (C=O) groups is 1. The van der Waals surface area contributed by atoms with E-state index in [0.29, 0.717) is 0 Å². The molecule has 86 valence electrons. The number of carbonyl (C=O) groups excluding carboxylic acids is 1. The molecule has 16 heavy (non-hydrogen) atoms. The minimum atomic E-state index is -0.668. The highest BCUT2D eigenvalue weighted by molar-refractivity contribution is 5.96. The summed E-state index contributed by atoms with van der Waals surface area (Å²) in [6, 6.07) is 2.36. The topological polar surface area (TPSA) is 105 Å². The average Bonchev–Trinajstić information content (AvgIpc) is 2.26. The lowest BCUT2D eigenvalue weighted by atomic mass is 10.1. The van der Waals surface area contributed by atoms with Gasteiger partial charge >= 0.3 is 5.97 Å². The zero-order chi connectivity index (χ0) is 12.3. The Morgan fingerprint density at radius 1 is 1.44 bits per heavy atom. The Bertz CT molecular complexity index is 444. The van der Waals surface area contributed by atoms with Crippen LogP contribution < -0.4 is 10.5 Å². The van der Waals surface area contributed by atoms with Gasteiger partial charge in [0.15, 0.2) is 11.4 Å². The zero-order valence-corrected chi connectivity index (χ0v) is 8.72. The predicted octanol–water partition coefficient (Wildman–Crippen LogP) is 0.972. The highest BCUT2D eigenvalue weighted by atomic mass is 16.6. The Hall–Kier alpha value is -2.31. The van der Waals surface area contributed by atoms with Crippen LogP contribution in [0.5, 0.6) is 5.75 Å². The van der Waals surface area contributed by atoms with Crippen LogP contribution in [0, 0.1) is 10.1 Å². The summed E-state index contributed by atoms with van der Waals surface area (Å²) in [5.74, 6) is -0.723. The van der Waals surface area contributed by atoms with Gasteiger partial charge in [-0.25, -0.2) is 4.79 Å². The van der Waals surface area contributed by atoms with Crippen LogP contribution in [0.1, 0.15) is 10.4 Å². The maximum absolute atomic E-state index is 11.3. The summed E-state index contributed by atoms with van der Waals surface area (Å²) in [5.41, 5.74) is 5.05. The highest BCUT2D eigenvalue weighted by Crippen LogP contribution is 2.34. The van der Waals surface area contributed by atoms with Gasteiger partial charge in [0.05, 0.1) is 19.1 Å². The number of hydrogen-bond donors (Lipinski definition) is 1. The van der Waals surface area contributed by atoms with Crippen molar-refractivity contribution in [3.63, 3.8) is 0 Å². The number of nitrogen functional groups attached to an aromatic ring is 1. The minimum Gasteiger partial charge on any atom is -0.493 e. The average molecular weight is 226 g/mol. The third-order valence-corrected chi connectivity index (χ3v) is 1.98. The van der Waals surface area contributed by atoms with Crippen molar-refractivity contribution in [1.82, 2.24) is 0 Å². The first-order chi connectivity index (χ1) is 7.52. The van der Waals surface area contributed by atoms with Gasteiger partial charge in [0, 0.05) is 6.07 Å². The fourth-order valence-corrected chi connectivity index (χ4v) is 1.24. The molecule has 7 nitrogen and oxygen atoms in total. The first-order valence-corrected chi connectivity index (χ1v) is 4.22. The molecule has 0 aliphatic carbocycles. The summed E-state index contributed by atoms with van der Waals surface area (Å²) in [6.45, 7) is 0. The Morgan fingerprint density at radius 2 is 2.06 bits per heavy atom. The summed E-state index contributed by atoms with van der Waals surface area (Å²) >= 11 is 0. The van der Waals surface area contributed by atoms with E-state index in [-0.39, 0.29) is 22.7 Å². The van der Waals surface area contributed by atoms with Gasteiger partial charge in [0.1, 0.15) is 5.56 Å². The van der Waals surface area contributed by atoms with Gasteiger partial charge in [-0.2, -0.15) is 0 Å². The number of nitro groups is 1. The SMILES string of the molecule is COC(=O)c1ccc([N+](=O)[O-])c(N)c1OC. The Morgan fingerprint density at radius 3 is 2.50 bits per heavy atom. The first-order valence-electron chi connectivity index (χ1n) is 4.22. The molecular weight excluding hydrogens is 216 g/mol. The first kappa shape index (κ1) is 11.8. The van der Waals surface area contributed by atoms with E-state index in [1.165, 1.54) is 20.3 Å². The number of nitrogens with two attached hydrogens (primary N) is 1. The molecule has 0 aliphatic rings. The second-order valence-electron chi connectivity index (χ2n) is 2.83. The maximum Gasteiger partial charge on any atom is 0.341 e. The number of hydrogen-bond acceptors (Lipinski definition) is 6. The molecule has 0 unspecified atom stereocenters. The number of nitro benzene ring substituents is 1. The number of methoxy groups -OCH3 is 2.